The standard InChI is InChI=1S/C17H13ClF2N4O3/c18-10-6-22-16-14(10)13(1-2-21-16)27-15-11(19)3-8(4-12(15)20)24-17-23-5-9(7-25)26-17/h1-4,6,9,25H,5,7H2,(H,21,22)(H,23,24). The molecule has 3 heterocycles. The zero-order chi connectivity index (χ0) is 19.0. The molecule has 1 aliphatic rings. The molecule has 2 aromatic heterocycles. The molecule has 4 rings (SSSR count). The predicted molar refractivity (Wildman–Crippen MR) is 95.4 cm³/mol. The highest BCUT2D eigenvalue weighted by molar-refractivity contribution is 6.36. The first-order valence-corrected chi connectivity index (χ1v) is 8.30. The third-order valence-electron chi connectivity index (χ3n) is 3.87. The van der Waals surface area contributed by atoms with Gasteiger partial charge in [-0.1, -0.05) is 11.6 Å². The Balaban J connectivity index is 1.60. The van der Waals surface area contributed by atoms with Crippen LogP contribution in [0, 0.1) is 11.6 Å². The Morgan fingerprint density at radius 3 is 2.85 bits per heavy atom. The van der Waals surface area contributed by atoms with E-state index in [1.54, 1.807) is 0 Å². The van der Waals surface area contributed by atoms with E-state index in [0.29, 0.717) is 16.1 Å². The van der Waals surface area contributed by atoms with E-state index in [-0.39, 0.29) is 30.6 Å². The average Bonchev–Trinajstić information content (AvgIpc) is 3.25. The Bertz CT molecular complexity index is 1020. The van der Waals surface area contributed by atoms with Crippen molar-refractivity contribution < 1.29 is 23.4 Å². The van der Waals surface area contributed by atoms with Crippen molar-refractivity contribution in [2.75, 3.05) is 18.5 Å². The summed E-state index contributed by atoms with van der Waals surface area (Å²) in [5.74, 6) is -2.26. The van der Waals surface area contributed by atoms with Gasteiger partial charge in [-0.15, -0.1) is 0 Å². The number of pyridine rings is 1. The molecular formula is C17H13ClF2N4O3. The van der Waals surface area contributed by atoms with E-state index in [0.717, 1.165) is 12.1 Å². The van der Waals surface area contributed by atoms with E-state index in [2.05, 4.69) is 20.3 Å². The number of aliphatic hydroxyl groups is 1. The molecule has 1 aliphatic heterocycles. The van der Waals surface area contributed by atoms with E-state index < -0.39 is 23.5 Å². The van der Waals surface area contributed by atoms with Crippen molar-refractivity contribution in [3.8, 4) is 11.5 Å². The summed E-state index contributed by atoms with van der Waals surface area (Å²) in [4.78, 5) is 10.9. The second-order valence-electron chi connectivity index (χ2n) is 5.73. The number of nitrogens with one attached hydrogen (secondary N) is 2. The number of benzene rings is 1. The van der Waals surface area contributed by atoms with Gasteiger partial charge >= 0.3 is 0 Å². The quantitative estimate of drug-likeness (QED) is 0.630. The second-order valence-corrected chi connectivity index (χ2v) is 6.14. The first-order valence-electron chi connectivity index (χ1n) is 7.92. The normalized spacial score (nSPS) is 16.3. The summed E-state index contributed by atoms with van der Waals surface area (Å²) in [6, 6.07) is 3.64. The van der Waals surface area contributed by atoms with Crippen LogP contribution in [0.15, 0.2) is 35.6 Å². The zero-order valence-electron chi connectivity index (χ0n) is 13.7. The van der Waals surface area contributed by atoms with Crippen LogP contribution in [0.2, 0.25) is 5.02 Å². The molecule has 0 fully saturated rings. The van der Waals surface area contributed by atoms with Gasteiger partial charge in [-0.25, -0.2) is 18.8 Å². The third kappa shape index (κ3) is 3.38. The summed E-state index contributed by atoms with van der Waals surface area (Å²) in [7, 11) is 0. The first-order chi connectivity index (χ1) is 13.0. The van der Waals surface area contributed by atoms with Gasteiger partial charge in [0.1, 0.15) is 17.5 Å². The second kappa shape index (κ2) is 7.01. The van der Waals surface area contributed by atoms with Gasteiger partial charge in [0.15, 0.2) is 17.4 Å². The van der Waals surface area contributed by atoms with Crippen LogP contribution in [0.4, 0.5) is 14.5 Å². The van der Waals surface area contributed by atoms with Gasteiger partial charge in [-0.3, -0.25) is 0 Å². The summed E-state index contributed by atoms with van der Waals surface area (Å²) in [6.45, 7) is 0.0623. The lowest BCUT2D eigenvalue weighted by Crippen LogP contribution is -2.21. The van der Waals surface area contributed by atoms with Crippen molar-refractivity contribution in [2.45, 2.75) is 6.10 Å². The van der Waals surface area contributed by atoms with Crippen molar-refractivity contribution in [1.29, 1.82) is 0 Å². The number of hydrogen-bond donors (Lipinski definition) is 3. The molecular weight excluding hydrogens is 382 g/mol. The van der Waals surface area contributed by atoms with Crippen molar-refractivity contribution in [1.82, 2.24) is 9.97 Å². The number of H-pyrrole nitrogens is 1. The van der Waals surface area contributed by atoms with Crippen molar-refractivity contribution in [2.24, 2.45) is 4.99 Å². The number of rotatable bonds is 4. The molecule has 0 radical (unpaired) electrons. The number of fused-ring (bicyclic) bond motifs is 1. The van der Waals surface area contributed by atoms with Crippen molar-refractivity contribution in [3.63, 3.8) is 0 Å². The largest absolute Gasteiger partial charge is 0.457 e. The molecule has 0 bridgehead atoms. The van der Waals surface area contributed by atoms with E-state index in [1.165, 1.54) is 18.5 Å². The number of ether oxygens (including phenoxy) is 2. The summed E-state index contributed by atoms with van der Waals surface area (Å²) in [5, 5.41) is 12.4. The van der Waals surface area contributed by atoms with Crippen LogP contribution < -0.4 is 10.1 Å². The van der Waals surface area contributed by atoms with Gasteiger partial charge < -0.3 is 24.9 Å². The monoisotopic (exact) mass is 394 g/mol. The highest BCUT2D eigenvalue weighted by Gasteiger charge is 2.21. The highest BCUT2D eigenvalue weighted by Crippen LogP contribution is 2.36. The van der Waals surface area contributed by atoms with Crippen LogP contribution in [-0.2, 0) is 4.74 Å². The number of hydrogen-bond acceptors (Lipinski definition) is 6. The Kier molecular flexibility index (Phi) is 4.54. The molecule has 0 saturated heterocycles. The average molecular weight is 395 g/mol. The van der Waals surface area contributed by atoms with Crippen LogP contribution in [0.1, 0.15) is 0 Å². The van der Waals surface area contributed by atoms with Crippen LogP contribution in [0.3, 0.4) is 0 Å². The Labute approximate surface area is 156 Å². The van der Waals surface area contributed by atoms with Crippen molar-refractivity contribution >= 4 is 34.3 Å². The number of aromatic amines is 1. The maximum atomic E-state index is 14.5. The van der Waals surface area contributed by atoms with Crippen LogP contribution in [0.25, 0.3) is 11.0 Å². The number of aliphatic imine (C=N–C) groups is 1. The van der Waals surface area contributed by atoms with Gasteiger partial charge in [0, 0.05) is 30.2 Å². The lowest BCUT2D eigenvalue weighted by Gasteiger charge is -2.12. The van der Waals surface area contributed by atoms with Gasteiger partial charge in [-0.05, 0) is 6.07 Å². The van der Waals surface area contributed by atoms with Crippen LogP contribution in [0.5, 0.6) is 11.5 Å². The Morgan fingerprint density at radius 2 is 2.15 bits per heavy atom. The fraction of sp³-hybridized carbons (Fsp3) is 0.176. The molecule has 1 atom stereocenters. The number of aliphatic hydroxyl groups excluding tert-OH is 1. The van der Waals surface area contributed by atoms with Gasteiger partial charge in [0.25, 0.3) is 6.02 Å². The number of halogens is 3. The lowest BCUT2D eigenvalue weighted by molar-refractivity contribution is 0.129. The number of nitrogens with zero attached hydrogens (tertiary/aromatic N) is 2. The molecule has 0 spiro atoms. The maximum absolute atomic E-state index is 14.5. The Morgan fingerprint density at radius 1 is 1.37 bits per heavy atom. The Hall–Kier alpha value is -2.91. The molecule has 3 N–H and O–H groups in total. The molecule has 0 saturated carbocycles. The van der Waals surface area contributed by atoms with Gasteiger partial charge in [0.05, 0.1) is 23.6 Å². The molecule has 1 unspecified atom stereocenters. The predicted octanol–water partition coefficient (Wildman–Crippen LogP) is 3.45. The summed E-state index contributed by atoms with van der Waals surface area (Å²) < 4.78 is 39.6. The number of amidine groups is 1. The molecule has 1 aromatic carbocycles. The summed E-state index contributed by atoms with van der Waals surface area (Å²) in [6.07, 6.45) is 2.47. The fourth-order valence-electron chi connectivity index (χ4n) is 2.62. The van der Waals surface area contributed by atoms with Crippen molar-refractivity contribution in [3.05, 3.63) is 47.2 Å². The molecule has 0 amide bonds. The summed E-state index contributed by atoms with van der Waals surface area (Å²) in [5.41, 5.74) is 0.528. The summed E-state index contributed by atoms with van der Waals surface area (Å²) >= 11 is 6.07. The van der Waals surface area contributed by atoms with E-state index in [1.807, 2.05) is 0 Å². The van der Waals surface area contributed by atoms with Crippen LogP contribution >= 0.6 is 11.6 Å². The lowest BCUT2D eigenvalue weighted by atomic mass is 10.2. The molecule has 10 heteroatoms. The molecule has 27 heavy (non-hydrogen) atoms. The maximum Gasteiger partial charge on any atom is 0.289 e. The minimum absolute atomic E-state index is 0.0801. The van der Waals surface area contributed by atoms with Crippen LogP contribution in [-0.4, -0.2) is 40.4 Å². The molecule has 140 valence electrons. The minimum atomic E-state index is -0.925. The molecule has 7 nitrogen and oxygen atoms in total. The SMILES string of the molecule is OCC1CN=C(Nc2cc(F)c(Oc3ccnc4[nH]cc(Cl)c34)c(F)c2)O1. The number of aromatic nitrogens is 2. The molecule has 0 aliphatic carbocycles. The fourth-order valence-corrected chi connectivity index (χ4v) is 2.85. The van der Waals surface area contributed by atoms with E-state index in [9.17, 15) is 8.78 Å². The third-order valence-corrected chi connectivity index (χ3v) is 4.17. The van der Waals surface area contributed by atoms with Gasteiger partial charge in [-0.2, -0.15) is 0 Å². The van der Waals surface area contributed by atoms with E-state index >= 15 is 0 Å². The topological polar surface area (TPSA) is 91.8 Å². The minimum Gasteiger partial charge on any atom is -0.457 e. The van der Waals surface area contributed by atoms with E-state index in [4.69, 9.17) is 26.2 Å². The highest BCUT2D eigenvalue weighted by atomic mass is 35.5. The number of anilines is 1. The smallest absolute Gasteiger partial charge is 0.289 e. The molecule has 3 aromatic rings. The first kappa shape index (κ1) is 17.5. The van der Waals surface area contributed by atoms with Gasteiger partial charge in [0.2, 0.25) is 0 Å². The zero-order valence-corrected chi connectivity index (χ0v) is 14.4.